The Hall–Kier alpha value is 1.65. The standard InChI is InChI=1S/C12H12O7P2.2K/c13-20(14,15)19-21(16,17-11-7-3-1-4-8-11)18-12-9-5-2-6-10-12;;/h1-10H,(H2,13,14,15);;/q;2*+1/p-2. The molecule has 2 rings (SSSR count). The van der Waals surface area contributed by atoms with Crippen molar-refractivity contribution in [2.24, 2.45) is 0 Å². The summed E-state index contributed by atoms with van der Waals surface area (Å²) in [4.78, 5) is 21.5. The number of para-hydroxylation sites is 2. The molecule has 7 nitrogen and oxygen atoms in total. The van der Waals surface area contributed by atoms with Crippen LogP contribution in [0.25, 0.3) is 0 Å². The van der Waals surface area contributed by atoms with E-state index in [2.05, 4.69) is 4.31 Å². The zero-order chi connectivity index (χ0) is 15.3. The molecule has 0 radical (unpaired) electrons. The van der Waals surface area contributed by atoms with Crippen molar-refractivity contribution in [3.05, 3.63) is 60.7 Å². The van der Waals surface area contributed by atoms with E-state index in [-0.39, 0.29) is 114 Å². The maximum atomic E-state index is 12.3. The summed E-state index contributed by atoms with van der Waals surface area (Å²) in [5.41, 5.74) is 0. The maximum absolute atomic E-state index is 12.3. The van der Waals surface area contributed by atoms with Crippen LogP contribution < -0.4 is 122 Å². The fourth-order valence-corrected chi connectivity index (χ4v) is 3.44. The third-order valence-corrected chi connectivity index (χ3v) is 4.59. The van der Waals surface area contributed by atoms with Crippen LogP contribution >= 0.6 is 15.6 Å². The van der Waals surface area contributed by atoms with Crippen molar-refractivity contribution in [1.82, 2.24) is 0 Å². The normalized spacial score (nSPS) is 10.9. The first-order valence-corrected chi connectivity index (χ1v) is 8.61. The van der Waals surface area contributed by atoms with Gasteiger partial charge in [-0.3, -0.25) is 0 Å². The van der Waals surface area contributed by atoms with Crippen LogP contribution in [0.4, 0.5) is 0 Å². The quantitative estimate of drug-likeness (QED) is 0.357. The van der Waals surface area contributed by atoms with Crippen molar-refractivity contribution in [2.45, 2.75) is 0 Å². The third kappa shape index (κ3) is 9.79. The summed E-state index contributed by atoms with van der Waals surface area (Å²) in [6, 6.07) is 15.2. The van der Waals surface area contributed by atoms with Crippen molar-refractivity contribution in [1.29, 1.82) is 0 Å². The predicted octanol–water partition coefficient (Wildman–Crippen LogP) is -3.89. The molecule has 0 bridgehead atoms. The smallest absolute Gasteiger partial charge is 0.789 e. The van der Waals surface area contributed by atoms with Gasteiger partial charge < -0.3 is 23.4 Å². The summed E-state index contributed by atoms with van der Waals surface area (Å²) in [7, 11) is -10.2. The molecule has 0 fully saturated rings. The third-order valence-electron chi connectivity index (χ3n) is 2.12. The molecule has 23 heavy (non-hydrogen) atoms. The number of rotatable bonds is 6. The summed E-state index contributed by atoms with van der Waals surface area (Å²) in [5.74, 6) is 0.0652. The fourth-order valence-electron chi connectivity index (χ4n) is 1.40. The minimum Gasteiger partial charge on any atom is -0.789 e. The van der Waals surface area contributed by atoms with Gasteiger partial charge in [0.25, 0.3) is 0 Å². The second-order valence-corrected chi connectivity index (χ2v) is 6.59. The molecule has 0 N–H and O–H groups in total. The van der Waals surface area contributed by atoms with Gasteiger partial charge in [0, 0.05) is 0 Å². The molecule has 0 spiro atoms. The van der Waals surface area contributed by atoms with Crippen LogP contribution in [0, 0.1) is 0 Å². The van der Waals surface area contributed by atoms with Crippen LogP contribution in [-0.4, -0.2) is 0 Å². The number of phosphoric acid groups is 2. The van der Waals surface area contributed by atoms with E-state index in [0.717, 1.165) is 0 Å². The molecule has 112 valence electrons. The van der Waals surface area contributed by atoms with E-state index >= 15 is 0 Å². The average Bonchev–Trinajstić information content (AvgIpc) is 2.38. The molecule has 0 saturated heterocycles. The zero-order valence-electron chi connectivity index (χ0n) is 12.5. The van der Waals surface area contributed by atoms with E-state index in [1.807, 2.05) is 0 Å². The van der Waals surface area contributed by atoms with Gasteiger partial charge in [0.15, 0.2) is 0 Å². The van der Waals surface area contributed by atoms with Crippen molar-refractivity contribution in [2.75, 3.05) is 0 Å². The van der Waals surface area contributed by atoms with Gasteiger partial charge in [-0.05, 0) is 24.3 Å². The molecule has 2 aromatic carbocycles. The first-order chi connectivity index (χ1) is 9.86. The molecular weight excluding hydrogens is 396 g/mol. The van der Waals surface area contributed by atoms with Crippen molar-refractivity contribution >= 4 is 15.6 Å². The van der Waals surface area contributed by atoms with Gasteiger partial charge in [0.2, 0.25) is 0 Å². The molecule has 0 unspecified atom stereocenters. The maximum Gasteiger partial charge on any atom is 1.00 e. The second kappa shape index (κ2) is 11.4. The van der Waals surface area contributed by atoms with E-state index in [1.54, 1.807) is 36.4 Å². The fraction of sp³-hybridized carbons (Fsp3) is 0. The molecule has 0 aliphatic carbocycles. The SMILES string of the molecule is O=P([O-])([O-])OP(=O)(Oc1ccccc1)Oc1ccccc1.[K+].[K+]. The summed E-state index contributed by atoms with van der Waals surface area (Å²) in [6.07, 6.45) is 0. The largest absolute Gasteiger partial charge is 1.00 e. The molecular formula is C12H10K2O7P2. The Balaban J connectivity index is 0.00000242. The topological polar surface area (TPSA) is 108 Å². The molecule has 2 aromatic rings. The predicted molar refractivity (Wildman–Crippen MR) is 70.4 cm³/mol. The summed E-state index contributed by atoms with van der Waals surface area (Å²) >= 11 is 0. The number of hydrogen-bond donors (Lipinski definition) is 0. The van der Waals surface area contributed by atoms with Gasteiger partial charge in [0.1, 0.15) is 11.5 Å². The van der Waals surface area contributed by atoms with Crippen LogP contribution in [-0.2, 0) is 13.4 Å². The number of hydrogen-bond acceptors (Lipinski definition) is 7. The van der Waals surface area contributed by atoms with Gasteiger partial charge in [-0.15, -0.1) is 0 Å². The molecule has 0 aliphatic rings. The van der Waals surface area contributed by atoms with Crippen LogP contribution in [0.1, 0.15) is 0 Å². The van der Waals surface area contributed by atoms with Gasteiger partial charge in [-0.1, -0.05) is 36.4 Å². The summed E-state index contributed by atoms with van der Waals surface area (Å²) < 4.78 is 36.9. The molecule has 0 atom stereocenters. The van der Waals surface area contributed by atoms with Crippen LogP contribution in [0.15, 0.2) is 60.7 Å². The second-order valence-electron chi connectivity index (χ2n) is 3.78. The first kappa shape index (κ1) is 24.7. The summed E-state index contributed by atoms with van der Waals surface area (Å²) in [5, 5.41) is 0. The average molecular weight is 406 g/mol. The minimum atomic E-state index is -5.57. The Morgan fingerprint density at radius 1 is 0.696 bits per heavy atom. The molecule has 11 heteroatoms. The van der Waals surface area contributed by atoms with Gasteiger partial charge in [-0.2, -0.15) is 0 Å². The Morgan fingerprint density at radius 3 is 1.35 bits per heavy atom. The minimum absolute atomic E-state index is 0. The number of phosphoric ester groups is 1. The first-order valence-electron chi connectivity index (χ1n) is 5.69. The van der Waals surface area contributed by atoms with Crippen molar-refractivity contribution in [3.63, 3.8) is 0 Å². The van der Waals surface area contributed by atoms with Crippen LogP contribution in [0.5, 0.6) is 11.5 Å². The Bertz CT molecular complexity index is 633. The van der Waals surface area contributed by atoms with Gasteiger partial charge >= 0.3 is 111 Å². The zero-order valence-corrected chi connectivity index (χ0v) is 20.6. The van der Waals surface area contributed by atoms with Crippen LogP contribution in [0.3, 0.4) is 0 Å². The monoisotopic (exact) mass is 406 g/mol. The van der Waals surface area contributed by atoms with Gasteiger partial charge in [0.05, 0.1) is 7.82 Å². The molecule has 0 saturated carbocycles. The Kier molecular flexibility index (Phi) is 12.2. The van der Waals surface area contributed by atoms with E-state index in [4.69, 9.17) is 9.05 Å². The Labute approximate surface area is 218 Å². The van der Waals surface area contributed by atoms with Crippen molar-refractivity contribution < 1.29 is 135 Å². The van der Waals surface area contributed by atoms with Crippen LogP contribution in [0.2, 0.25) is 0 Å². The molecule has 0 aromatic heterocycles. The summed E-state index contributed by atoms with van der Waals surface area (Å²) in [6.45, 7) is 0. The molecule has 0 amide bonds. The molecule has 0 aliphatic heterocycles. The van der Waals surface area contributed by atoms with Crippen molar-refractivity contribution in [3.8, 4) is 11.5 Å². The van der Waals surface area contributed by atoms with E-state index in [0.29, 0.717) is 0 Å². The molecule has 0 heterocycles. The van der Waals surface area contributed by atoms with Gasteiger partial charge in [-0.25, -0.2) is 8.88 Å². The van der Waals surface area contributed by atoms with E-state index in [1.165, 1.54) is 24.3 Å². The van der Waals surface area contributed by atoms with E-state index in [9.17, 15) is 18.9 Å². The van der Waals surface area contributed by atoms with E-state index < -0.39 is 15.6 Å². The number of benzene rings is 2. The Morgan fingerprint density at radius 2 is 1.04 bits per heavy atom.